The van der Waals surface area contributed by atoms with Crippen molar-refractivity contribution in [3.05, 3.63) is 59.7 Å². The molecule has 5 heteroatoms. The molecule has 0 unspecified atom stereocenters. The molecule has 2 aromatic rings. The minimum Gasteiger partial charge on any atom is -0.508 e. The smallest absolute Gasteiger partial charge is 0.271 e. The Labute approximate surface area is 109 Å². The van der Waals surface area contributed by atoms with Gasteiger partial charge in [0, 0.05) is 11.6 Å². The molecule has 2 rings (SSSR count). The van der Waals surface area contributed by atoms with Gasteiger partial charge in [0.1, 0.15) is 11.5 Å². The number of nitrogens with one attached hydrogen (secondary N) is 1. The Morgan fingerprint density at radius 2 is 1.68 bits per heavy atom. The van der Waals surface area contributed by atoms with Gasteiger partial charge in [-0.3, -0.25) is 4.79 Å². The lowest BCUT2D eigenvalue weighted by Gasteiger charge is -2.01. The zero-order valence-corrected chi connectivity index (χ0v) is 9.95. The summed E-state index contributed by atoms with van der Waals surface area (Å²) in [6.45, 7) is 0. The first kappa shape index (κ1) is 12.6. The average Bonchev–Trinajstić information content (AvgIpc) is 2.38. The molecule has 0 bridgehead atoms. The highest BCUT2D eigenvalue weighted by Gasteiger charge is 2.07. The first-order valence-corrected chi connectivity index (χ1v) is 5.56. The highest BCUT2D eigenvalue weighted by atomic mass is 16.3. The van der Waals surface area contributed by atoms with Gasteiger partial charge in [-0.25, -0.2) is 5.43 Å². The van der Waals surface area contributed by atoms with Gasteiger partial charge in [0.25, 0.3) is 5.91 Å². The van der Waals surface area contributed by atoms with Crippen LogP contribution in [-0.4, -0.2) is 22.3 Å². The van der Waals surface area contributed by atoms with E-state index in [2.05, 4.69) is 10.5 Å². The molecule has 0 aliphatic rings. The Kier molecular flexibility index (Phi) is 3.78. The summed E-state index contributed by atoms with van der Waals surface area (Å²) in [5.74, 6) is -0.882. The van der Waals surface area contributed by atoms with Crippen LogP contribution in [-0.2, 0) is 0 Å². The van der Waals surface area contributed by atoms with Gasteiger partial charge in [0.15, 0.2) is 0 Å². The van der Waals surface area contributed by atoms with E-state index in [0.717, 1.165) is 11.6 Å². The lowest BCUT2D eigenvalue weighted by molar-refractivity contribution is 0.0954. The van der Waals surface area contributed by atoms with Crippen LogP contribution in [0.2, 0.25) is 0 Å². The van der Waals surface area contributed by atoms with Crippen molar-refractivity contribution >= 4 is 12.1 Å². The molecule has 0 aliphatic heterocycles. The van der Waals surface area contributed by atoms with Crippen LogP contribution in [0.5, 0.6) is 11.5 Å². The second-order valence-electron chi connectivity index (χ2n) is 3.85. The molecule has 0 fully saturated rings. The molecular weight excluding hydrogens is 244 g/mol. The summed E-state index contributed by atoms with van der Waals surface area (Å²) in [7, 11) is 0. The summed E-state index contributed by atoms with van der Waals surface area (Å²) in [4.78, 5) is 11.7. The van der Waals surface area contributed by atoms with E-state index in [1.807, 2.05) is 30.3 Å². The number of rotatable bonds is 3. The van der Waals surface area contributed by atoms with Crippen LogP contribution < -0.4 is 5.43 Å². The molecule has 3 N–H and O–H groups in total. The third kappa shape index (κ3) is 3.57. The van der Waals surface area contributed by atoms with Crippen LogP contribution in [0.15, 0.2) is 53.6 Å². The number of hydrazone groups is 1. The van der Waals surface area contributed by atoms with Gasteiger partial charge in [-0.1, -0.05) is 30.3 Å². The standard InChI is InChI=1S/C14H12N2O3/c17-12-6-11(7-13(18)8-12)14(19)16-15-9-10-4-2-1-3-5-10/h1-9,17-18H,(H,16,19)/b15-9-. The number of nitrogens with zero attached hydrogens (tertiary/aromatic N) is 1. The van der Waals surface area contributed by atoms with Gasteiger partial charge in [-0.2, -0.15) is 5.10 Å². The quantitative estimate of drug-likeness (QED) is 0.579. The van der Waals surface area contributed by atoms with Crippen molar-refractivity contribution in [2.45, 2.75) is 0 Å². The van der Waals surface area contributed by atoms with Gasteiger partial charge in [-0.05, 0) is 17.7 Å². The molecule has 0 aliphatic carbocycles. The topological polar surface area (TPSA) is 81.9 Å². The highest BCUT2D eigenvalue weighted by molar-refractivity contribution is 5.95. The third-order valence-corrected chi connectivity index (χ3v) is 2.34. The van der Waals surface area contributed by atoms with E-state index in [1.54, 1.807) is 0 Å². The molecule has 0 saturated carbocycles. The molecule has 0 radical (unpaired) electrons. The normalized spacial score (nSPS) is 10.5. The summed E-state index contributed by atoms with van der Waals surface area (Å²) in [5.41, 5.74) is 3.29. The summed E-state index contributed by atoms with van der Waals surface area (Å²) in [6, 6.07) is 12.9. The Morgan fingerprint density at radius 3 is 2.32 bits per heavy atom. The Hall–Kier alpha value is -2.82. The monoisotopic (exact) mass is 256 g/mol. The van der Waals surface area contributed by atoms with Crippen LogP contribution in [0.25, 0.3) is 0 Å². The fourth-order valence-corrected chi connectivity index (χ4v) is 1.50. The Bertz CT molecular complexity index is 589. The van der Waals surface area contributed by atoms with Crippen LogP contribution >= 0.6 is 0 Å². The maximum Gasteiger partial charge on any atom is 0.271 e. The number of phenolic OH excluding ortho intramolecular Hbond substituents is 2. The van der Waals surface area contributed by atoms with Crippen molar-refractivity contribution in [2.75, 3.05) is 0 Å². The van der Waals surface area contributed by atoms with Gasteiger partial charge < -0.3 is 10.2 Å². The van der Waals surface area contributed by atoms with Crippen LogP contribution in [0.4, 0.5) is 0 Å². The maximum absolute atomic E-state index is 11.7. The lowest BCUT2D eigenvalue weighted by atomic mass is 10.2. The number of aromatic hydroxyl groups is 2. The van der Waals surface area contributed by atoms with E-state index in [-0.39, 0.29) is 17.1 Å². The van der Waals surface area contributed by atoms with E-state index in [9.17, 15) is 15.0 Å². The molecule has 0 spiro atoms. The average molecular weight is 256 g/mol. The molecule has 1 amide bonds. The molecule has 96 valence electrons. The fraction of sp³-hybridized carbons (Fsp3) is 0. The number of benzene rings is 2. The fourth-order valence-electron chi connectivity index (χ4n) is 1.50. The minimum absolute atomic E-state index is 0.128. The molecule has 5 nitrogen and oxygen atoms in total. The van der Waals surface area contributed by atoms with E-state index in [4.69, 9.17) is 0 Å². The second kappa shape index (κ2) is 5.68. The van der Waals surface area contributed by atoms with E-state index >= 15 is 0 Å². The van der Waals surface area contributed by atoms with E-state index in [0.29, 0.717) is 0 Å². The molecular formula is C14H12N2O3. The van der Waals surface area contributed by atoms with Crippen molar-refractivity contribution in [3.63, 3.8) is 0 Å². The van der Waals surface area contributed by atoms with Crippen LogP contribution in [0.1, 0.15) is 15.9 Å². The van der Waals surface area contributed by atoms with E-state index < -0.39 is 5.91 Å². The molecule has 0 heterocycles. The third-order valence-electron chi connectivity index (χ3n) is 2.34. The SMILES string of the molecule is O=C(N/N=C\c1ccccc1)c1cc(O)cc(O)c1. The summed E-state index contributed by atoms with van der Waals surface area (Å²) in [6.07, 6.45) is 1.50. The van der Waals surface area contributed by atoms with Gasteiger partial charge in [-0.15, -0.1) is 0 Å². The number of hydrogen-bond donors (Lipinski definition) is 3. The van der Waals surface area contributed by atoms with Crippen molar-refractivity contribution in [2.24, 2.45) is 5.10 Å². The Morgan fingerprint density at radius 1 is 1.05 bits per heavy atom. The van der Waals surface area contributed by atoms with Crippen molar-refractivity contribution in [1.82, 2.24) is 5.43 Å². The lowest BCUT2D eigenvalue weighted by Crippen LogP contribution is -2.17. The number of carbonyl (C=O) groups is 1. The highest BCUT2D eigenvalue weighted by Crippen LogP contribution is 2.20. The Balaban J connectivity index is 2.03. The zero-order chi connectivity index (χ0) is 13.7. The first-order valence-electron chi connectivity index (χ1n) is 5.56. The maximum atomic E-state index is 11.7. The molecule has 2 aromatic carbocycles. The summed E-state index contributed by atoms with van der Waals surface area (Å²) >= 11 is 0. The molecule has 0 atom stereocenters. The van der Waals surface area contributed by atoms with Gasteiger partial charge >= 0.3 is 0 Å². The predicted molar refractivity (Wildman–Crippen MR) is 71.3 cm³/mol. The summed E-state index contributed by atoms with van der Waals surface area (Å²) in [5, 5.41) is 22.3. The largest absolute Gasteiger partial charge is 0.508 e. The number of carbonyl (C=O) groups excluding carboxylic acids is 1. The van der Waals surface area contributed by atoms with Gasteiger partial charge in [0.2, 0.25) is 0 Å². The van der Waals surface area contributed by atoms with E-state index in [1.165, 1.54) is 18.3 Å². The number of hydrogen-bond acceptors (Lipinski definition) is 4. The first-order chi connectivity index (χ1) is 9.15. The predicted octanol–water partition coefficient (Wildman–Crippen LogP) is 1.86. The number of phenols is 2. The minimum atomic E-state index is -0.515. The molecule has 19 heavy (non-hydrogen) atoms. The molecule has 0 saturated heterocycles. The second-order valence-corrected chi connectivity index (χ2v) is 3.85. The zero-order valence-electron chi connectivity index (χ0n) is 9.95. The summed E-state index contributed by atoms with van der Waals surface area (Å²) < 4.78 is 0. The van der Waals surface area contributed by atoms with Crippen LogP contribution in [0, 0.1) is 0 Å². The van der Waals surface area contributed by atoms with Crippen molar-refractivity contribution < 1.29 is 15.0 Å². The molecule has 0 aromatic heterocycles. The van der Waals surface area contributed by atoms with Gasteiger partial charge in [0.05, 0.1) is 6.21 Å². The van der Waals surface area contributed by atoms with Crippen LogP contribution in [0.3, 0.4) is 0 Å². The van der Waals surface area contributed by atoms with Crippen molar-refractivity contribution in [3.8, 4) is 11.5 Å². The number of amides is 1. The van der Waals surface area contributed by atoms with Crippen molar-refractivity contribution in [1.29, 1.82) is 0 Å².